The predicted octanol–water partition coefficient (Wildman–Crippen LogP) is 35.6. The monoisotopic (exact) mass is 1800 g/mol. The summed E-state index contributed by atoms with van der Waals surface area (Å²) in [5, 5.41) is 15.4. The van der Waals surface area contributed by atoms with Gasteiger partial charge in [0.2, 0.25) is 0 Å². The number of para-hydroxylation sites is 9. The second-order valence-electron chi connectivity index (χ2n) is 40.1. The third kappa shape index (κ3) is 12.2. The second-order valence-corrected chi connectivity index (χ2v) is 40.1. The Kier molecular flexibility index (Phi) is 18.1. The Morgan fingerprint density at radius 3 is 0.801 bits per heavy atom. The standard InChI is InChI=1S/3C45H32N2/c1-45(2)38-19-11-9-18-35(38)43-39(45)24-23-34-37-28-30(22-26-42(37)47(44(34)43)32-15-7-4-8-16-32)29-21-25-41-36(27-29)33-17-10-12-20-40(33)46(41)31-13-5-3-6-14-31;1-45(2)39-19-11-9-17-33(39)35-23-24-36-38-28-30(22-26-42(38)47(44(36)43(35)45)32-15-7-4-8-16-32)29-21-25-41-37(27-29)34-18-10-12-20-40(34)46(41)31-13-5-3-6-14-31;1-45(2)38-19-11-9-17-33(38)35-23-26-42-43(44(35)45)37-28-30(22-25-41(37)47(42)32-15-7-4-8-16-32)29-21-24-40-36(27-29)34-18-10-12-20-39(34)46(40)31-13-5-3-6-14-31/h3*3-28H,1-2H3. The zero-order valence-corrected chi connectivity index (χ0v) is 79.2. The molecule has 30 rings (SSSR count). The highest BCUT2D eigenvalue weighted by molar-refractivity contribution is 6.21. The van der Waals surface area contributed by atoms with Crippen molar-refractivity contribution in [2.24, 2.45) is 0 Å². The van der Waals surface area contributed by atoms with Crippen LogP contribution in [0.15, 0.2) is 473 Å². The van der Waals surface area contributed by atoms with E-state index in [1.807, 2.05) is 0 Å². The van der Waals surface area contributed by atoms with Gasteiger partial charge >= 0.3 is 0 Å². The molecule has 0 saturated heterocycles. The molecular weight excluding hydrogens is 1710 g/mol. The van der Waals surface area contributed by atoms with Gasteiger partial charge < -0.3 is 27.4 Å². The van der Waals surface area contributed by atoms with E-state index in [1.54, 1.807) is 0 Å². The van der Waals surface area contributed by atoms with E-state index in [4.69, 9.17) is 0 Å². The highest BCUT2D eigenvalue weighted by Crippen LogP contribution is 2.58. The summed E-state index contributed by atoms with van der Waals surface area (Å²) in [7, 11) is 0. The molecule has 0 aliphatic heterocycles. The Morgan fingerprint density at radius 1 is 0.149 bits per heavy atom. The highest BCUT2D eigenvalue weighted by atomic mass is 15.0. The molecule has 6 heterocycles. The SMILES string of the molecule is CC1(C)c2ccccc2-c2c1ccc1c3cc(-c4ccc5c(c4)c4ccccc4n5-c4ccccc4)ccc3n(-c3ccccc3)c21.CC1(C)c2ccccc2-c2ccc3c(c21)c1cc(-c2ccc4c(c2)c2ccccc2n4-c2ccccc2)ccc1n3-c1ccccc1.CC1(C)c2ccccc2-c2ccc3c4cc(-c5ccc6c(c5)c5ccccc5n6-c5ccccc5)ccc4n(-c4ccccc4)c3c21. The smallest absolute Gasteiger partial charge is 0.0622 e. The normalized spacial score (nSPS) is 13.5. The molecule has 0 atom stereocenters. The van der Waals surface area contributed by atoms with Crippen molar-refractivity contribution in [1.82, 2.24) is 27.4 Å². The molecule has 141 heavy (non-hydrogen) atoms. The van der Waals surface area contributed by atoms with Crippen LogP contribution in [-0.4, -0.2) is 27.4 Å². The first-order chi connectivity index (χ1) is 69.3. The van der Waals surface area contributed by atoms with Crippen LogP contribution in [0.1, 0.15) is 74.9 Å². The molecule has 6 heteroatoms. The number of benzene rings is 21. The van der Waals surface area contributed by atoms with Crippen molar-refractivity contribution in [2.75, 3.05) is 0 Å². The van der Waals surface area contributed by atoms with E-state index in [1.165, 1.54) is 265 Å². The lowest BCUT2D eigenvalue weighted by Crippen LogP contribution is -2.16. The van der Waals surface area contributed by atoms with Crippen molar-refractivity contribution in [3.63, 3.8) is 0 Å². The van der Waals surface area contributed by atoms with Crippen LogP contribution in [0.4, 0.5) is 0 Å². The molecule has 666 valence electrons. The van der Waals surface area contributed by atoms with Crippen molar-refractivity contribution >= 4 is 131 Å². The van der Waals surface area contributed by atoms with Gasteiger partial charge in [-0.1, -0.05) is 345 Å². The van der Waals surface area contributed by atoms with E-state index in [-0.39, 0.29) is 16.2 Å². The zero-order chi connectivity index (χ0) is 93.8. The average molecular weight is 1800 g/mol. The van der Waals surface area contributed by atoms with Crippen LogP contribution < -0.4 is 0 Å². The van der Waals surface area contributed by atoms with E-state index in [2.05, 4.69) is 542 Å². The van der Waals surface area contributed by atoms with Crippen molar-refractivity contribution in [3.05, 3.63) is 507 Å². The van der Waals surface area contributed by atoms with Gasteiger partial charge in [0.05, 0.1) is 66.2 Å². The molecule has 0 bridgehead atoms. The molecule has 0 amide bonds. The molecule has 3 aliphatic rings. The van der Waals surface area contributed by atoms with Crippen molar-refractivity contribution in [2.45, 2.75) is 57.8 Å². The van der Waals surface area contributed by atoms with Gasteiger partial charge in [0.1, 0.15) is 0 Å². The Morgan fingerprint density at radius 2 is 0.404 bits per heavy atom. The maximum absolute atomic E-state index is 2.50. The molecule has 0 radical (unpaired) electrons. The van der Waals surface area contributed by atoms with Gasteiger partial charge in [0.15, 0.2) is 0 Å². The van der Waals surface area contributed by atoms with Crippen LogP contribution in [0.25, 0.3) is 232 Å². The first kappa shape index (κ1) is 81.7. The van der Waals surface area contributed by atoms with Crippen LogP contribution in [0.2, 0.25) is 0 Å². The molecular formula is C135H96N6. The van der Waals surface area contributed by atoms with Crippen LogP contribution in [0, 0.1) is 0 Å². The molecule has 27 aromatic rings. The first-order valence-corrected chi connectivity index (χ1v) is 49.4. The Balaban J connectivity index is 0.000000104. The topological polar surface area (TPSA) is 29.6 Å². The Hall–Kier alpha value is -17.6. The number of fused-ring (bicyclic) bond motifs is 30. The number of hydrogen-bond acceptors (Lipinski definition) is 0. The van der Waals surface area contributed by atoms with Gasteiger partial charge in [-0.2, -0.15) is 0 Å². The minimum atomic E-state index is -0.118. The zero-order valence-electron chi connectivity index (χ0n) is 79.2. The second kappa shape index (κ2) is 31.2. The maximum atomic E-state index is 2.50. The molecule has 0 saturated carbocycles. The number of hydrogen-bond donors (Lipinski definition) is 0. The quantitative estimate of drug-likeness (QED) is 0.138. The summed E-state index contributed by atoms with van der Waals surface area (Å²) in [6, 6.07) is 174. The molecule has 0 unspecified atom stereocenters. The number of aromatic nitrogens is 6. The van der Waals surface area contributed by atoms with E-state index < -0.39 is 0 Å². The molecule has 6 nitrogen and oxygen atoms in total. The average Bonchev–Trinajstić information content (AvgIpc) is 1.55. The number of rotatable bonds is 9. The summed E-state index contributed by atoms with van der Waals surface area (Å²) < 4.78 is 14.6. The van der Waals surface area contributed by atoms with Crippen LogP contribution in [-0.2, 0) is 16.2 Å². The molecule has 6 aromatic heterocycles. The minimum absolute atomic E-state index is 0.0579. The molecule has 0 spiro atoms. The fourth-order valence-corrected chi connectivity index (χ4v) is 25.1. The third-order valence-electron chi connectivity index (χ3n) is 31.5. The van der Waals surface area contributed by atoms with Crippen molar-refractivity contribution < 1.29 is 0 Å². The van der Waals surface area contributed by atoms with Gasteiger partial charge in [-0.3, -0.25) is 0 Å². The van der Waals surface area contributed by atoms with Crippen molar-refractivity contribution in [3.8, 4) is 101 Å². The molecule has 21 aromatic carbocycles. The fourth-order valence-electron chi connectivity index (χ4n) is 25.1. The molecule has 0 N–H and O–H groups in total. The van der Waals surface area contributed by atoms with Crippen molar-refractivity contribution in [1.29, 1.82) is 0 Å². The Bertz CT molecular complexity index is 9860. The minimum Gasteiger partial charge on any atom is -0.309 e. The van der Waals surface area contributed by atoms with Gasteiger partial charge in [-0.25, -0.2) is 0 Å². The summed E-state index contributed by atoms with van der Waals surface area (Å²) in [4.78, 5) is 0. The van der Waals surface area contributed by atoms with Crippen LogP contribution in [0.3, 0.4) is 0 Å². The third-order valence-corrected chi connectivity index (χ3v) is 31.5. The maximum Gasteiger partial charge on any atom is 0.0622 e. The fraction of sp³-hybridized carbons (Fsp3) is 0.0667. The summed E-state index contributed by atoms with van der Waals surface area (Å²) in [5.74, 6) is 0. The molecule has 0 fully saturated rings. The lowest BCUT2D eigenvalue weighted by atomic mass is 9.80. The lowest BCUT2D eigenvalue weighted by molar-refractivity contribution is 0.661. The highest BCUT2D eigenvalue weighted by Gasteiger charge is 2.42. The largest absolute Gasteiger partial charge is 0.309 e. The molecule has 3 aliphatic carbocycles. The van der Waals surface area contributed by atoms with Gasteiger partial charge in [-0.15, -0.1) is 0 Å². The van der Waals surface area contributed by atoms with Gasteiger partial charge in [0, 0.05) is 121 Å². The van der Waals surface area contributed by atoms with E-state index >= 15 is 0 Å². The summed E-state index contributed by atoms with van der Waals surface area (Å²) in [6.07, 6.45) is 0. The van der Waals surface area contributed by atoms with E-state index in [0.29, 0.717) is 0 Å². The first-order valence-electron chi connectivity index (χ1n) is 49.4. The van der Waals surface area contributed by atoms with E-state index in [9.17, 15) is 0 Å². The van der Waals surface area contributed by atoms with E-state index in [0.717, 1.165) is 0 Å². The van der Waals surface area contributed by atoms with Gasteiger partial charge in [-0.05, 0) is 264 Å². The lowest BCUT2D eigenvalue weighted by Gasteiger charge is -2.23. The van der Waals surface area contributed by atoms with Crippen LogP contribution in [0.5, 0.6) is 0 Å². The summed E-state index contributed by atoms with van der Waals surface area (Å²) >= 11 is 0. The Labute approximate surface area is 817 Å². The number of nitrogens with zero attached hydrogens (tertiary/aromatic N) is 6. The summed E-state index contributed by atoms with van der Waals surface area (Å²) in [6.45, 7) is 14.3. The van der Waals surface area contributed by atoms with Crippen LogP contribution >= 0.6 is 0 Å². The van der Waals surface area contributed by atoms with Gasteiger partial charge in [0.25, 0.3) is 0 Å². The summed E-state index contributed by atoms with van der Waals surface area (Å²) in [5.41, 5.74) is 45.6. The predicted molar refractivity (Wildman–Crippen MR) is 594 cm³/mol.